The van der Waals surface area contributed by atoms with Crippen molar-refractivity contribution >= 4 is 5.91 Å². The molecule has 1 saturated carbocycles. The molecule has 3 heteroatoms. The Bertz CT molecular complexity index is 336. The van der Waals surface area contributed by atoms with Crippen LogP contribution in [0.25, 0.3) is 0 Å². The van der Waals surface area contributed by atoms with E-state index in [0.717, 1.165) is 45.2 Å². The smallest absolute Gasteiger partial charge is 0.227 e. The SMILES string of the molecule is CC1(C)CCCN(C(=O)C2CCCCC2(C)N)CC1. The number of carbonyl (C=O) groups excluding carboxylic acids is 1. The summed E-state index contributed by atoms with van der Waals surface area (Å²) < 4.78 is 0. The van der Waals surface area contributed by atoms with Crippen LogP contribution in [0.15, 0.2) is 0 Å². The van der Waals surface area contributed by atoms with Crippen molar-refractivity contribution in [2.75, 3.05) is 13.1 Å². The number of hydrogen-bond donors (Lipinski definition) is 1. The van der Waals surface area contributed by atoms with Gasteiger partial charge < -0.3 is 10.6 Å². The third kappa shape index (κ3) is 3.50. The minimum absolute atomic E-state index is 0.0439. The Balaban J connectivity index is 2.02. The first-order chi connectivity index (χ1) is 8.82. The summed E-state index contributed by atoms with van der Waals surface area (Å²) in [6.07, 6.45) is 7.77. The molecule has 0 bridgehead atoms. The van der Waals surface area contributed by atoms with Crippen LogP contribution in [-0.2, 0) is 4.79 Å². The number of hydrogen-bond acceptors (Lipinski definition) is 2. The minimum Gasteiger partial charge on any atom is -0.342 e. The zero-order chi connectivity index (χ0) is 14.1. The number of rotatable bonds is 1. The molecule has 0 spiro atoms. The fourth-order valence-corrected chi connectivity index (χ4v) is 3.63. The van der Waals surface area contributed by atoms with Crippen LogP contribution < -0.4 is 5.73 Å². The minimum atomic E-state index is -0.294. The van der Waals surface area contributed by atoms with Crippen molar-refractivity contribution in [2.45, 2.75) is 71.3 Å². The van der Waals surface area contributed by atoms with E-state index >= 15 is 0 Å². The molecule has 2 unspecified atom stereocenters. The van der Waals surface area contributed by atoms with Crippen LogP contribution >= 0.6 is 0 Å². The molecule has 0 radical (unpaired) electrons. The normalized spacial score (nSPS) is 35.8. The van der Waals surface area contributed by atoms with Gasteiger partial charge in [0.2, 0.25) is 5.91 Å². The molecule has 1 amide bonds. The lowest BCUT2D eigenvalue weighted by Gasteiger charge is -2.40. The maximum atomic E-state index is 12.8. The summed E-state index contributed by atoms with van der Waals surface area (Å²) in [5.74, 6) is 0.366. The molecule has 110 valence electrons. The zero-order valence-electron chi connectivity index (χ0n) is 12.9. The molecule has 2 fully saturated rings. The summed E-state index contributed by atoms with van der Waals surface area (Å²) in [5, 5.41) is 0. The predicted octanol–water partition coefficient (Wildman–Crippen LogP) is 2.93. The van der Waals surface area contributed by atoms with Gasteiger partial charge in [0.1, 0.15) is 0 Å². The lowest BCUT2D eigenvalue weighted by Crippen LogP contribution is -2.53. The Labute approximate surface area is 117 Å². The van der Waals surface area contributed by atoms with E-state index < -0.39 is 0 Å². The summed E-state index contributed by atoms with van der Waals surface area (Å²) in [5.41, 5.74) is 6.46. The van der Waals surface area contributed by atoms with E-state index in [-0.39, 0.29) is 11.5 Å². The Morgan fingerprint density at radius 1 is 1.05 bits per heavy atom. The van der Waals surface area contributed by atoms with Crippen LogP contribution in [0, 0.1) is 11.3 Å². The molecular formula is C16H30N2O. The fraction of sp³-hybridized carbons (Fsp3) is 0.938. The van der Waals surface area contributed by atoms with E-state index in [9.17, 15) is 4.79 Å². The summed E-state index contributed by atoms with van der Waals surface area (Å²) in [4.78, 5) is 14.9. The van der Waals surface area contributed by atoms with Gasteiger partial charge in [-0.2, -0.15) is 0 Å². The average Bonchev–Trinajstić information content (AvgIpc) is 2.49. The van der Waals surface area contributed by atoms with Crippen molar-refractivity contribution in [3.63, 3.8) is 0 Å². The second-order valence-electron chi connectivity index (χ2n) is 7.65. The van der Waals surface area contributed by atoms with Crippen LogP contribution in [0.1, 0.15) is 65.7 Å². The molecule has 0 aromatic rings. The van der Waals surface area contributed by atoms with Crippen molar-refractivity contribution < 1.29 is 4.79 Å². The summed E-state index contributed by atoms with van der Waals surface area (Å²) in [6, 6.07) is 0. The van der Waals surface area contributed by atoms with Gasteiger partial charge in [-0.25, -0.2) is 0 Å². The summed E-state index contributed by atoms with van der Waals surface area (Å²) in [7, 11) is 0. The summed E-state index contributed by atoms with van der Waals surface area (Å²) >= 11 is 0. The van der Waals surface area contributed by atoms with Crippen molar-refractivity contribution in [3.8, 4) is 0 Å². The highest BCUT2D eigenvalue weighted by Crippen LogP contribution is 2.35. The quantitative estimate of drug-likeness (QED) is 0.793. The van der Waals surface area contributed by atoms with Crippen molar-refractivity contribution in [1.29, 1.82) is 0 Å². The predicted molar refractivity (Wildman–Crippen MR) is 78.8 cm³/mol. The highest BCUT2D eigenvalue weighted by atomic mass is 16.2. The molecule has 2 rings (SSSR count). The van der Waals surface area contributed by atoms with Gasteiger partial charge in [-0.15, -0.1) is 0 Å². The lowest BCUT2D eigenvalue weighted by molar-refractivity contribution is -0.138. The van der Waals surface area contributed by atoms with Crippen molar-refractivity contribution in [2.24, 2.45) is 17.1 Å². The number of nitrogens with zero attached hydrogens (tertiary/aromatic N) is 1. The molecule has 1 saturated heterocycles. The number of nitrogens with two attached hydrogens (primary N) is 1. The molecular weight excluding hydrogens is 236 g/mol. The first kappa shape index (κ1) is 14.8. The first-order valence-corrected chi connectivity index (χ1v) is 7.90. The van der Waals surface area contributed by atoms with Crippen molar-refractivity contribution in [3.05, 3.63) is 0 Å². The molecule has 1 aliphatic carbocycles. The monoisotopic (exact) mass is 266 g/mol. The van der Waals surface area contributed by atoms with Crippen molar-refractivity contribution in [1.82, 2.24) is 4.90 Å². The topological polar surface area (TPSA) is 46.3 Å². The maximum absolute atomic E-state index is 12.8. The highest BCUT2D eigenvalue weighted by molar-refractivity contribution is 5.80. The van der Waals surface area contributed by atoms with Gasteiger partial charge in [-0.1, -0.05) is 26.7 Å². The van der Waals surface area contributed by atoms with E-state index in [1.54, 1.807) is 0 Å². The standard InChI is InChI=1S/C16H30N2O/c1-15(2)8-6-11-18(12-10-15)14(19)13-7-4-5-9-16(13,3)17/h13H,4-12,17H2,1-3H3. The van der Waals surface area contributed by atoms with E-state index in [1.165, 1.54) is 12.8 Å². The second-order valence-corrected chi connectivity index (χ2v) is 7.65. The van der Waals surface area contributed by atoms with Crippen LogP contribution in [-0.4, -0.2) is 29.4 Å². The van der Waals surface area contributed by atoms with Gasteiger partial charge in [-0.3, -0.25) is 4.79 Å². The zero-order valence-corrected chi connectivity index (χ0v) is 12.9. The molecule has 2 aliphatic rings. The average molecular weight is 266 g/mol. The molecule has 0 aromatic carbocycles. The van der Waals surface area contributed by atoms with Crippen LogP contribution in [0.3, 0.4) is 0 Å². The van der Waals surface area contributed by atoms with Gasteiger partial charge in [0, 0.05) is 18.6 Å². The molecule has 19 heavy (non-hydrogen) atoms. The second kappa shape index (κ2) is 5.43. The maximum Gasteiger partial charge on any atom is 0.227 e. The van der Waals surface area contributed by atoms with Gasteiger partial charge in [0.15, 0.2) is 0 Å². The van der Waals surface area contributed by atoms with E-state index in [2.05, 4.69) is 25.7 Å². The third-order valence-corrected chi connectivity index (χ3v) is 5.20. The Morgan fingerprint density at radius 2 is 1.79 bits per heavy atom. The molecule has 0 aromatic heterocycles. The Morgan fingerprint density at radius 3 is 2.47 bits per heavy atom. The summed E-state index contributed by atoms with van der Waals surface area (Å²) in [6.45, 7) is 8.53. The van der Waals surface area contributed by atoms with E-state index in [0.29, 0.717) is 11.3 Å². The van der Waals surface area contributed by atoms with Gasteiger partial charge in [-0.05, 0) is 44.4 Å². The van der Waals surface area contributed by atoms with Gasteiger partial charge >= 0.3 is 0 Å². The first-order valence-electron chi connectivity index (χ1n) is 7.90. The molecule has 3 nitrogen and oxygen atoms in total. The van der Waals surface area contributed by atoms with Crippen LogP contribution in [0.2, 0.25) is 0 Å². The van der Waals surface area contributed by atoms with E-state index in [4.69, 9.17) is 5.73 Å². The number of likely N-dealkylation sites (tertiary alicyclic amines) is 1. The molecule has 2 atom stereocenters. The molecule has 1 aliphatic heterocycles. The Hall–Kier alpha value is -0.570. The molecule has 1 heterocycles. The van der Waals surface area contributed by atoms with Crippen LogP contribution in [0.5, 0.6) is 0 Å². The molecule has 2 N–H and O–H groups in total. The van der Waals surface area contributed by atoms with Gasteiger partial charge in [0.25, 0.3) is 0 Å². The highest BCUT2D eigenvalue weighted by Gasteiger charge is 2.40. The van der Waals surface area contributed by atoms with E-state index in [1.807, 2.05) is 0 Å². The van der Waals surface area contributed by atoms with Gasteiger partial charge in [0.05, 0.1) is 5.92 Å². The number of carbonyl (C=O) groups is 1. The third-order valence-electron chi connectivity index (χ3n) is 5.20. The fourth-order valence-electron chi connectivity index (χ4n) is 3.63. The number of amides is 1. The lowest BCUT2D eigenvalue weighted by atomic mass is 9.74. The largest absolute Gasteiger partial charge is 0.342 e. The van der Waals surface area contributed by atoms with Crippen LogP contribution in [0.4, 0.5) is 0 Å². The Kier molecular flexibility index (Phi) is 4.24.